The van der Waals surface area contributed by atoms with Crippen LogP contribution in [-0.4, -0.2) is 9.78 Å². The summed E-state index contributed by atoms with van der Waals surface area (Å²) in [5.74, 6) is 0. The Morgan fingerprint density at radius 2 is 1.86 bits per heavy atom. The Kier molecular flexibility index (Phi) is 1.67. The van der Waals surface area contributed by atoms with Gasteiger partial charge in [0.2, 0.25) is 0 Å². The Bertz CT molecular complexity index is 523. The largest absolute Gasteiger partial charge is 0.503 e. The lowest BCUT2D eigenvalue weighted by molar-refractivity contribution is -0.209. The molecule has 0 radical (unpaired) electrons. The van der Waals surface area contributed by atoms with Crippen molar-refractivity contribution in [2.75, 3.05) is 0 Å². The van der Waals surface area contributed by atoms with Crippen LogP contribution in [0.1, 0.15) is 0 Å². The van der Waals surface area contributed by atoms with Crippen molar-refractivity contribution in [1.29, 1.82) is 0 Å². The summed E-state index contributed by atoms with van der Waals surface area (Å²) in [7, 11) is 0. The summed E-state index contributed by atoms with van der Waals surface area (Å²) < 4.78 is 36.9. The van der Waals surface area contributed by atoms with Crippen LogP contribution in [0.2, 0.25) is 0 Å². The molecule has 1 aromatic heterocycles. The Balaban J connectivity index is 2.87. The van der Waals surface area contributed by atoms with Crippen LogP contribution in [0.15, 0.2) is 29.1 Å². The van der Waals surface area contributed by atoms with Gasteiger partial charge in [-0.15, -0.1) is 13.2 Å². The van der Waals surface area contributed by atoms with Crippen molar-refractivity contribution in [3.05, 3.63) is 34.6 Å². The lowest BCUT2D eigenvalue weighted by atomic mass is 10.2. The molecule has 2 rings (SSSR count). The summed E-state index contributed by atoms with van der Waals surface area (Å²) in [6, 6.07) is 5.53. The van der Waals surface area contributed by atoms with Gasteiger partial charge in [0.05, 0.1) is 10.9 Å². The highest BCUT2D eigenvalue weighted by Gasteiger charge is 2.33. The number of hydrogen-bond donors (Lipinski definition) is 1. The third-order valence-corrected chi connectivity index (χ3v) is 1.86. The molecule has 74 valence electrons. The average Bonchev–Trinajstić information content (AvgIpc) is 2.44. The van der Waals surface area contributed by atoms with E-state index in [2.05, 4.69) is 0 Å². The molecule has 1 N–H and O–H groups in total. The van der Waals surface area contributed by atoms with E-state index < -0.39 is 11.9 Å². The number of halogens is 3. The Morgan fingerprint density at radius 3 is 2.50 bits per heavy atom. The molecule has 6 heteroatoms. The fourth-order valence-corrected chi connectivity index (χ4v) is 1.28. The fourth-order valence-electron chi connectivity index (χ4n) is 1.28. The van der Waals surface area contributed by atoms with Gasteiger partial charge in [0.15, 0.2) is 0 Å². The minimum atomic E-state index is -4.59. The Hall–Kier alpha value is -1.72. The van der Waals surface area contributed by atoms with E-state index in [1.165, 1.54) is 24.3 Å². The van der Waals surface area contributed by atoms with Crippen LogP contribution in [0.25, 0.3) is 10.9 Å². The second kappa shape index (κ2) is 2.63. The highest BCUT2D eigenvalue weighted by atomic mass is 19.4. The second-order valence-electron chi connectivity index (χ2n) is 2.76. The fraction of sp³-hybridized carbons (Fsp3) is 0.125. The maximum absolute atomic E-state index is 12.3. The van der Waals surface area contributed by atoms with Gasteiger partial charge in [0, 0.05) is 0 Å². The molecule has 0 atom stereocenters. The number of rotatable bonds is 0. The van der Waals surface area contributed by atoms with Crippen molar-refractivity contribution in [2.24, 2.45) is 0 Å². The summed E-state index contributed by atoms with van der Waals surface area (Å²) >= 11 is 0. The number of aromatic amines is 1. The number of para-hydroxylation sites is 1. The van der Waals surface area contributed by atoms with Gasteiger partial charge in [0.25, 0.3) is 5.56 Å². The molecule has 0 saturated carbocycles. The molecule has 0 unspecified atom stereocenters. The number of H-pyrrole nitrogens is 1. The standard InChI is InChI=1S/C8H5F3N2O/c9-8(10,11)13-6-4-2-1-3-5(6)7(14)12-13/h1-4H,(H,12,14). The predicted octanol–water partition coefficient (Wildman–Crippen LogP) is 1.81. The first-order valence-corrected chi connectivity index (χ1v) is 3.77. The van der Waals surface area contributed by atoms with E-state index in [0.29, 0.717) is 0 Å². The van der Waals surface area contributed by atoms with Gasteiger partial charge in [-0.2, -0.15) is 4.68 Å². The molecule has 0 aliphatic heterocycles. The van der Waals surface area contributed by atoms with Crippen molar-refractivity contribution in [2.45, 2.75) is 6.30 Å². The number of alkyl halides is 3. The molecule has 0 aliphatic rings. The van der Waals surface area contributed by atoms with Crippen molar-refractivity contribution >= 4 is 10.9 Å². The third kappa shape index (κ3) is 1.19. The zero-order chi connectivity index (χ0) is 10.3. The summed E-state index contributed by atoms with van der Waals surface area (Å²) in [6.07, 6.45) is -4.59. The van der Waals surface area contributed by atoms with E-state index in [9.17, 15) is 18.0 Å². The van der Waals surface area contributed by atoms with E-state index in [1.54, 1.807) is 5.10 Å². The van der Waals surface area contributed by atoms with Gasteiger partial charge < -0.3 is 0 Å². The van der Waals surface area contributed by atoms with Gasteiger partial charge in [-0.1, -0.05) is 12.1 Å². The zero-order valence-corrected chi connectivity index (χ0v) is 6.80. The first-order chi connectivity index (χ1) is 6.50. The molecule has 0 bridgehead atoms. The summed E-state index contributed by atoms with van der Waals surface area (Å²) in [4.78, 5) is 11.1. The smallest absolute Gasteiger partial charge is 0.267 e. The molecule has 0 aliphatic carbocycles. The van der Waals surface area contributed by atoms with Crippen molar-refractivity contribution in [1.82, 2.24) is 9.78 Å². The Morgan fingerprint density at radius 1 is 1.21 bits per heavy atom. The zero-order valence-electron chi connectivity index (χ0n) is 6.80. The van der Waals surface area contributed by atoms with Crippen molar-refractivity contribution in [3.63, 3.8) is 0 Å². The quantitative estimate of drug-likeness (QED) is 0.695. The molecule has 0 spiro atoms. The van der Waals surface area contributed by atoms with E-state index >= 15 is 0 Å². The van der Waals surface area contributed by atoms with Gasteiger partial charge >= 0.3 is 6.30 Å². The maximum atomic E-state index is 12.3. The summed E-state index contributed by atoms with van der Waals surface area (Å²) in [5.41, 5.74) is -0.900. The number of hydrogen-bond acceptors (Lipinski definition) is 1. The third-order valence-electron chi connectivity index (χ3n) is 1.86. The van der Waals surface area contributed by atoms with Gasteiger partial charge in [-0.3, -0.25) is 9.89 Å². The molecule has 14 heavy (non-hydrogen) atoms. The van der Waals surface area contributed by atoms with Gasteiger partial charge in [0.1, 0.15) is 0 Å². The van der Waals surface area contributed by atoms with E-state index in [4.69, 9.17) is 0 Å². The molecule has 1 heterocycles. The topological polar surface area (TPSA) is 37.8 Å². The van der Waals surface area contributed by atoms with Crippen LogP contribution in [0.3, 0.4) is 0 Å². The van der Waals surface area contributed by atoms with Gasteiger partial charge in [-0.05, 0) is 12.1 Å². The lowest BCUT2D eigenvalue weighted by Crippen LogP contribution is -2.19. The number of nitrogens with zero attached hydrogens (tertiary/aromatic N) is 1. The number of benzene rings is 1. The van der Waals surface area contributed by atoms with Crippen LogP contribution >= 0.6 is 0 Å². The highest BCUT2D eigenvalue weighted by molar-refractivity contribution is 5.78. The summed E-state index contributed by atoms with van der Waals surface area (Å²) in [5, 5.41) is 1.76. The minimum Gasteiger partial charge on any atom is -0.267 e. The lowest BCUT2D eigenvalue weighted by Gasteiger charge is -2.07. The van der Waals surface area contributed by atoms with Gasteiger partial charge in [-0.25, -0.2) is 0 Å². The van der Waals surface area contributed by atoms with Crippen molar-refractivity contribution < 1.29 is 13.2 Å². The van der Waals surface area contributed by atoms with E-state index in [0.717, 1.165) is 0 Å². The minimum absolute atomic E-state index is 0.0322. The molecule has 3 nitrogen and oxygen atoms in total. The van der Waals surface area contributed by atoms with Crippen LogP contribution in [0.4, 0.5) is 13.2 Å². The highest BCUT2D eigenvalue weighted by Crippen LogP contribution is 2.24. The first kappa shape index (κ1) is 8.86. The number of nitrogens with one attached hydrogen (secondary N) is 1. The maximum Gasteiger partial charge on any atom is 0.503 e. The Labute approximate surface area is 75.7 Å². The number of fused-ring (bicyclic) bond motifs is 1. The molecular weight excluding hydrogens is 197 g/mol. The molecule has 0 saturated heterocycles. The van der Waals surface area contributed by atoms with Crippen molar-refractivity contribution in [3.8, 4) is 0 Å². The monoisotopic (exact) mass is 202 g/mol. The molecule has 0 amide bonds. The first-order valence-electron chi connectivity index (χ1n) is 3.77. The predicted molar refractivity (Wildman–Crippen MR) is 43.9 cm³/mol. The SMILES string of the molecule is O=c1[nH]n(C(F)(F)F)c2ccccc12. The van der Waals surface area contributed by atoms with Crippen LogP contribution in [-0.2, 0) is 6.30 Å². The van der Waals surface area contributed by atoms with Crippen LogP contribution in [0, 0.1) is 0 Å². The number of aromatic nitrogens is 2. The molecule has 0 fully saturated rings. The molecule has 2 aromatic rings. The second-order valence-corrected chi connectivity index (χ2v) is 2.76. The average molecular weight is 202 g/mol. The summed E-state index contributed by atoms with van der Waals surface area (Å²) in [6.45, 7) is 0. The van der Waals surface area contributed by atoms with Crippen LogP contribution < -0.4 is 5.56 Å². The molecule has 1 aromatic carbocycles. The van der Waals surface area contributed by atoms with E-state index in [-0.39, 0.29) is 15.6 Å². The van der Waals surface area contributed by atoms with E-state index in [1.807, 2.05) is 0 Å². The normalized spacial score (nSPS) is 12.2. The molecular formula is C8H5F3N2O. The van der Waals surface area contributed by atoms with Crippen LogP contribution in [0.5, 0.6) is 0 Å².